The fourth-order valence-electron chi connectivity index (χ4n) is 2.94. The van der Waals surface area contributed by atoms with E-state index in [1.807, 2.05) is 24.3 Å². The number of hydrogen-bond donors (Lipinski definition) is 1. The number of ether oxygens (including phenoxy) is 2. The monoisotopic (exact) mass is 283 g/mol. The van der Waals surface area contributed by atoms with Crippen LogP contribution in [0.3, 0.4) is 0 Å². The maximum Gasteiger partial charge on any atom is 0.124 e. The van der Waals surface area contributed by atoms with E-state index >= 15 is 0 Å². The molecule has 0 spiro atoms. The minimum absolute atomic E-state index is 0.0125. The van der Waals surface area contributed by atoms with Gasteiger partial charge in [-0.05, 0) is 11.6 Å². The quantitative estimate of drug-likeness (QED) is 0.938. The number of para-hydroxylation sites is 1. The van der Waals surface area contributed by atoms with Gasteiger partial charge in [-0.2, -0.15) is 0 Å². The number of hydrogen-bond acceptors (Lipinski definition) is 3. The Morgan fingerprint density at radius 3 is 2.62 bits per heavy atom. The molecule has 1 N–H and O–H groups in total. The number of methoxy groups -OCH3 is 1. The second-order valence-electron chi connectivity index (χ2n) is 5.25. The van der Waals surface area contributed by atoms with E-state index in [0.717, 1.165) is 24.4 Å². The van der Waals surface area contributed by atoms with Gasteiger partial charge in [0.15, 0.2) is 0 Å². The summed E-state index contributed by atoms with van der Waals surface area (Å²) in [6.07, 6.45) is 0.0125. The lowest BCUT2D eigenvalue weighted by atomic mass is 9.88. The van der Waals surface area contributed by atoms with E-state index in [-0.39, 0.29) is 12.0 Å². The zero-order valence-corrected chi connectivity index (χ0v) is 12.3. The van der Waals surface area contributed by atoms with Crippen LogP contribution < -0.4 is 10.1 Å². The highest BCUT2D eigenvalue weighted by Crippen LogP contribution is 2.38. The summed E-state index contributed by atoms with van der Waals surface area (Å²) in [5.74, 6) is 1.18. The zero-order chi connectivity index (χ0) is 14.5. The first-order chi connectivity index (χ1) is 10.4. The first kappa shape index (κ1) is 14.1. The second kappa shape index (κ2) is 6.74. The Bertz CT molecular complexity index is 570. The molecule has 0 bridgehead atoms. The first-order valence-corrected chi connectivity index (χ1v) is 7.40. The van der Waals surface area contributed by atoms with E-state index in [1.54, 1.807) is 7.11 Å². The topological polar surface area (TPSA) is 30.5 Å². The summed E-state index contributed by atoms with van der Waals surface area (Å²) in [4.78, 5) is 0. The van der Waals surface area contributed by atoms with Gasteiger partial charge in [-0.25, -0.2) is 0 Å². The summed E-state index contributed by atoms with van der Waals surface area (Å²) in [6.45, 7) is 2.51. The number of benzene rings is 2. The Labute approximate surface area is 125 Å². The number of nitrogens with one attached hydrogen (secondary N) is 1. The van der Waals surface area contributed by atoms with E-state index in [9.17, 15) is 0 Å². The summed E-state index contributed by atoms with van der Waals surface area (Å²) >= 11 is 0. The van der Waals surface area contributed by atoms with Gasteiger partial charge in [0.05, 0.1) is 19.8 Å². The van der Waals surface area contributed by atoms with Gasteiger partial charge in [-0.3, -0.25) is 0 Å². The van der Waals surface area contributed by atoms with Crippen molar-refractivity contribution in [1.82, 2.24) is 5.32 Å². The smallest absolute Gasteiger partial charge is 0.124 e. The Morgan fingerprint density at radius 2 is 1.81 bits per heavy atom. The second-order valence-corrected chi connectivity index (χ2v) is 5.25. The average Bonchev–Trinajstić information content (AvgIpc) is 2.81. The molecule has 0 aromatic heterocycles. The molecule has 1 saturated heterocycles. The van der Waals surface area contributed by atoms with Crippen molar-refractivity contribution in [3.05, 3.63) is 65.7 Å². The molecule has 3 nitrogen and oxygen atoms in total. The van der Waals surface area contributed by atoms with Crippen LogP contribution in [-0.2, 0) is 4.74 Å². The SMILES string of the molecule is COc1ccccc1[C@@H]1OCCNC[C@@H]1c1ccccc1. The van der Waals surface area contributed by atoms with Gasteiger partial charge >= 0.3 is 0 Å². The van der Waals surface area contributed by atoms with E-state index < -0.39 is 0 Å². The molecule has 0 saturated carbocycles. The average molecular weight is 283 g/mol. The fraction of sp³-hybridized carbons (Fsp3) is 0.333. The third-order valence-electron chi connectivity index (χ3n) is 3.98. The highest BCUT2D eigenvalue weighted by Gasteiger charge is 2.29. The van der Waals surface area contributed by atoms with E-state index in [4.69, 9.17) is 9.47 Å². The van der Waals surface area contributed by atoms with Gasteiger partial charge in [-0.1, -0.05) is 48.5 Å². The molecule has 2 aromatic rings. The fourth-order valence-corrected chi connectivity index (χ4v) is 2.94. The van der Waals surface area contributed by atoms with Crippen molar-refractivity contribution in [2.24, 2.45) is 0 Å². The Morgan fingerprint density at radius 1 is 1.05 bits per heavy atom. The molecule has 21 heavy (non-hydrogen) atoms. The molecule has 0 radical (unpaired) electrons. The summed E-state index contributed by atoms with van der Waals surface area (Å²) in [7, 11) is 1.71. The van der Waals surface area contributed by atoms with Gasteiger partial charge in [0.25, 0.3) is 0 Å². The largest absolute Gasteiger partial charge is 0.496 e. The Kier molecular flexibility index (Phi) is 4.53. The van der Waals surface area contributed by atoms with Gasteiger partial charge in [0.1, 0.15) is 5.75 Å². The van der Waals surface area contributed by atoms with Crippen LogP contribution in [0.4, 0.5) is 0 Å². The highest BCUT2D eigenvalue weighted by molar-refractivity contribution is 5.38. The molecule has 1 fully saturated rings. The number of rotatable bonds is 3. The van der Waals surface area contributed by atoms with Crippen molar-refractivity contribution < 1.29 is 9.47 Å². The molecule has 1 aliphatic heterocycles. The third kappa shape index (κ3) is 3.09. The van der Waals surface area contributed by atoms with E-state index in [0.29, 0.717) is 6.61 Å². The van der Waals surface area contributed by atoms with Crippen molar-refractivity contribution in [3.8, 4) is 5.75 Å². The summed E-state index contributed by atoms with van der Waals surface area (Å²) < 4.78 is 11.7. The first-order valence-electron chi connectivity index (χ1n) is 7.40. The van der Waals surface area contributed by atoms with Gasteiger partial charge in [0.2, 0.25) is 0 Å². The van der Waals surface area contributed by atoms with Gasteiger partial charge < -0.3 is 14.8 Å². The van der Waals surface area contributed by atoms with Crippen LogP contribution >= 0.6 is 0 Å². The van der Waals surface area contributed by atoms with Crippen molar-refractivity contribution in [1.29, 1.82) is 0 Å². The molecule has 0 unspecified atom stereocenters. The lowest BCUT2D eigenvalue weighted by molar-refractivity contribution is 0.0497. The molecule has 3 rings (SSSR count). The summed E-state index contributed by atoms with van der Waals surface area (Å²) in [5, 5.41) is 3.47. The summed E-state index contributed by atoms with van der Waals surface area (Å²) in [6, 6.07) is 18.7. The predicted octanol–water partition coefficient (Wildman–Crippen LogP) is 3.14. The maximum atomic E-state index is 6.16. The predicted molar refractivity (Wildman–Crippen MR) is 83.7 cm³/mol. The van der Waals surface area contributed by atoms with Crippen LogP contribution in [-0.4, -0.2) is 26.8 Å². The van der Waals surface area contributed by atoms with Gasteiger partial charge in [-0.15, -0.1) is 0 Å². The van der Waals surface area contributed by atoms with E-state index in [1.165, 1.54) is 5.56 Å². The molecule has 3 heteroatoms. The van der Waals surface area contributed by atoms with Crippen LogP contribution in [0, 0.1) is 0 Å². The minimum Gasteiger partial charge on any atom is -0.496 e. The van der Waals surface area contributed by atoms with Crippen LogP contribution in [0.15, 0.2) is 54.6 Å². The van der Waals surface area contributed by atoms with Crippen molar-refractivity contribution in [3.63, 3.8) is 0 Å². The molecule has 1 aliphatic rings. The Balaban J connectivity index is 1.99. The molecule has 1 heterocycles. The van der Waals surface area contributed by atoms with Crippen LogP contribution in [0.25, 0.3) is 0 Å². The van der Waals surface area contributed by atoms with Crippen molar-refractivity contribution in [2.45, 2.75) is 12.0 Å². The molecule has 110 valence electrons. The zero-order valence-electron chi connectivity index (χ0n) is 12.3. The third-order valence-corrected chi connectivity index (χ3v) is 3.98. The van der Waals surface area contributed by atoms with Crippen LogP contribution in [0.2, 0.25) is 0 Å². The molecule has 2 aromatic carbocycles. The molecular formula is C18H21NO2. The molecule has 0 aliphatic carbocycles. The minimum atomic E-state index is 0.0125. The highest BCUT2D eigenvalue weighted by atomic mass is 16.5. The Hall–Kier alpha value is -1.84. The van der Waals surface area contributed by atoms with Crippen LogP contribution in [0.5, 0.6) is 5.75 Å². The van der Waals surface area contributed by atoms with Gasteiger partial charge in [0, 0.05) is 24.6 Å². The maximum absolute atomic E-state index is 6.16. The molecule has 0 amide bonds. The lowest BCUT2D eigenvalue weighted by Crippen LogP contribution is -2.23. The molecule has 2 atom stereocenters. The normalized spacial score (nSPS) is 22.5. The van der Waals surface area contributed by atoms with Crippen molar-refractivity contribution >= 4 is 0 Å². The standard InChI is InChI=1S/C18H21NO2/c1-20-17-10-6-5-9-15(17)18-16(13-19-11-12-21-18)14-7-3-2-4-8-14/h2-10,16,18-19H,11-13H2,1H3/t16-,18+/m1/s1. The molecular weight excluding hydrogens is 262 g/mol. The lowest BCUT2D eigenvalue weighted by Gasteiger charge is -2.26. The summed E-state index contributed by atoms with van der Waals surface area (Å²) in [5.41, 5.74) is 2.42. The van der Waals surface area contributed by atoms with Crippen molar-refractivity contribution in [2.75, 3.05) is 26.8 Å². The van der Waals surface area contributed by atoms with Crippen LogP contribution in [0.1, 0.15) is 23.1 Å². The van der Waals surface area contributed by atoms with E-state index in [2.05, 4.69) is 35.6 Å².